The maximum atomic E-state index is 12.0. The quantitative estimate of drug-likeness (QED) is 0.898. The van der Waals surface area contributed by atoms with Crippen LogP contribution >= 0.6 is 0 Å². The molecule has 6 heteroatoms. The van der Waals surface area contributed by atoms with E-state index in [1.165, 1.54) is 0 Å². The van der Waals surface area contributed by atoms with Crippen LogP contribution in [0.4, 0.5) is 0 Å². The highest BCUT2D eigenvalue weighted by atomic mass is 16.3. The Morgan fingerprint density at radius 3 is 2.55 bits per heavy atom. The Balaban J connectivity index is 2.10. The number of benzene rings is 1. The van der Waals surface area contributed by atoms with E-state index in [-0.39, 0.29) is 29.2 Å². The minimum atomic E-state index is -0.605. The number of fused-ring (bicyclic) bond motifs is 1. The molecule has 2 N–H and O–H groups in total. The average molecular weight is 302 g/mol. The van der Waals surface area contributed by atoms with Crippen molar-refractivity contribution in [3.8, 4) is 0 Å². The van der Waals surface area contributed by atoms with Crippen molar-refractivity contribution in [2.24, 2.45) is 0 Å². The van der Waals surface area contributed by atoms with E-state index in [1.54, 1.807) is 24.3 Å². The number of carbonyl (C=O) groups is 2. The largest absolute Gasteiger partial charge is 0.451 e. The molecule has 1 aromatic heterocycles. The van der Waals surface area contributed by atoms with Gasteiger partial charge in [-0.3, -0.25) is 14.4 Å². The van der Waals surface area contributed by atoms with Gasteiger partial charge in [-0.15, -0.1) is 0 Å². The monoisotopic (exact) mass is 302 g/mol. The topological polar surface area (TPSA) is 88.4 Å². The SMILES string of the molecule is CC(C)(C)NC(=O)CNC(=O)c1cc(=O)c2ccccc2o1. The zero-order valence-electron chi connectivity index (χ0n) is 12.7. The summed E-state index contributed by atoms with van der Waals surface area (Å²) in [6, 6.07) is 7.79. The fourth-order valence-electron chi connectivity index (χ4n) is 1.93. The van der Waals surface area contributed by atoms with Gasteiger partial charge in [0.25, 0.3) is 5.91 Å². The normalized spacial score (nSPS) is 11.2. The number of para-hydroxylation sites is 1. The van der Waals surface area contributed by atoms with Crippen molar-refractivity contribution in [1.29, 1.82) is 0 Å². The van der Waals surface area contributed by atoms with Crippen LogP contribution < -0.4 is 16.1 Å². The molecule has 1 heterocycles. The molecule has 0 aliphatic rings. The van der Waals surface area contributed by atoms with Crippen LogP contribution in [0.2, 0.25) is 0 Å². The van der Waals surface area contributed by atoms with Crippen molar-refractivity contribution in [1.82, 2.24) is 10.6 Å². The predicted octanol–water partition coefficient (Wildman–Crippen LogP) is 1.44. The summed E-state index contributed by atoms with van der Waals surface area (Å²) < 4.78 is 5.39. The van der Waals surface area contributed by atoms with Crippen LogP contribution in [0.1, 0.15) is 31.3 Å². The highest BCUT2D eigenvalue weighted by molar-refractivity contribution is 5.95. The summed E-state index contributed by atoms with van der Waals surface area (Å²) in [5.41, 5.74) is -0.345. The van der Waals surface area contributed by atoms with Gasteiger partial charge in [0.15, 0.2) is 11.2 Å². The van der Waals surface area contributed by atoms with Gasteiger partial charge < -0.3 is 15.1 Å². The molecule has 0 aliphatic carbocycles. The molecule has 2 amide bonds. The lowest BCUT2D eigenvalue weighted by molar-refractivity contribution is -0.121. The number of carbonyl (C=O) groups excluding carboxylic acids is 2. The Labute approximate surface area is 127 Å². The van der Waals surface area contributed by atoms with Gasteiger partial charge in [-0.05, 0) is 32.9 Å². The van der Waals surface area contributed by atoms with Crippen LogP contribution in [0, 0.1) is 0 Å². The van der Waals surface area contributed by atoms with Crippen LogP contribution in [0.3, 0.4) is 0 Å². The first kappa shape index (κ1) is 15.8. The summed E-state index contributed by atoms with van der Waals surface area (Å²) in [6.07, 6.45) is 0. The van der Waals surface area contributed by atoms with Crippen molar-refractivity contribution >= 4 is 22.8 Å². The molecule has 0 saturated carbocycles. The molecule has 0 spiro atoms. The maximum absolute atomic E-state index is 12.0. The van der Waals surface area contributed by atoms with Crippen molar-refractivity contribution in [3.05, 3.63) is 46.3 Å². The van der Waals surface area contributed by atoms with E-state index >= 15 is 0 Å². The fourth-order valence-corrected chi connectivity index (χ4v) is 1.93. The molecule has 0 aliphatic heterocycles. The zero-order chi connectivity index (χ0) is 16.3. The molecular weight excluding hydrogens is 284 g/mol. The number of rotatable bonds is 3. The third-order valence-electron chi connectivity index (χ3n) is 2.78. The second-order valence-corrected chi connectivity index (χ2v) is 5.95. The van der Waals surface area contributed by atoms with Crippen LogP contribution in [0.15, 0.2) is 39.5 Å². The molecule has 1 aromatic carbocycles. The molecule has 2 aromatic rings. The van der Waals surface area contributed by atoms with Gasteiger partial charge in [0.2, 0.25) is 5.91 Å². The molecular formula is C16H18N2O4. The first-order chi connectivity index (χ1) is 10.3. The molecule has 2 rings (SSSR count). The highest BCUT2D eigenvalue weighted by Gasteiger charge is 2.16. The van der Waals surface area contributed by atoms with E-state index in [1.807, 2.05) is 20.8 Å². The number of hydrogen-bond acceptors (Lipinski definition) is 4. The smallest absolute Gasteiger partial charge is 0.287 e. The molecule has 0 bridgehead atoms. The van der Waals surface area contributed by atoms with E-state index in [0.717, 1.165) is 6.07 Å². The molecule has 0 saturated heterocycles. The number of hydrogen-bond donors (Lipinski definition) is 2. The van der Waals surface area contributed by atoms with Gasteiger partial charge in [0, 0.05) is 11.6 Å². The lowest BCUT2D eigenvalue weighted by atomic mass is 10.1. The minimum Gasteiger partial charge on any atom is -0.451 e. The third-order valence-corrected chi connectivity index (χ3v) is 2.78. The Morgan fingerprint density at radius 2 is 1.86 bits per heavy atom. The second kappa shape index (κ2) is 6.01. The van der Waals surface area contributed by atoms with Crippen LogP contribution in [0.25, 0.3) is 11.0 Å². The summed E-state index contributed by atoms with van der Waals surface area (Å²) in [7, 11) is 0. The van der Waals surface area contributed by atoms with E-state index in [9.17, 15) is 14.4 Å². The lowest BCUT2D eigenvalue weighted by Crippen LogP contribution is -2.45. The first-order valence-electron chi connectivity index (χ1n) is 6.88. The van der Waals surface area contributed by atoms with Gasteiger partial charge in [-0.2, -0.15) is 0 Å². The van der Waals surface area contributed by atoms with Crippen LogP contribution in [0.5, 0.6) is 0 Å². The summed E-state index contributed by atoms with van der Waals surface area (Å²) >= 11 is 0. The van der Waals surface area contributed by atoms with Gasteiger partial charge in [0.05, 0.1) is 11.9 Å². The minimum absolute atomic E-state index is 0.118. The molecule has 0 radical (unpaired) electrons. The Bertz CT molecular complexity index is 772. The van der Waals surface area contributed by atoms with Crippen molar-refractivity contribution in [2.45, 2.75) is 26.3 Å². The first-order valence-corrected chi connectivity index (χ1v) is 6.88. The van der Waals surface area contributed by atoms with E-state index < -0.39 is 5.91 Å². The third kappa shape index (κ3) is 3.94. The summed E-state index contributed by atoms with van der Waals surface area (Å²) in [4.78, 5) is 35.6. The molecule has 22 heavy (non-hydrogen) atoms. The fraction of sp³-hybridized carbons (Fsp3) is 0.312. The van der Waals surface area contributed by atoms with Crippen molar-refractivity contribution in [3.63, 3.8) is 0 Å². The zero-order valence-corrected chi connectivity index (χ0v) is 12.7. The van der Waals surface area contributed by atoms with Gasteiger partial charge in [0.1, 0.15) is 5.58 Å². The van der Waals surface area contributed by atoms with Crippen molar-refractivity contribution in [2.75, 3.05) is 6.54 Å². The molecule has 116 valence electrons. The second-order valence-electron chi connectivity index (χ2n) is 5.95. The number of amides is 2. The van der Waals surface area contributed by atoms with Gasteiger partial charge in [-0.1, -0.05) is 12.1 Å². The average Bonchev–Trinajstić information content (AvgIpc) is 2.43. The van der Waals surface area contributed by atoms with Crippen molar-refractivity contribution < 1.29 is 14.0 Å². The van der Waals surface area contributed by atoms with Gasteiger partial charge in [-0.25, -0.2) is 0 Å². The standard InChI is InChI=1S/C16H18N2O4/c1-16(2,3)18-14(20)9-17-15(21)13-8-11(19)10-6-4-5-7-12(10)22-13/h4-8H,9H2,1-3H3,(H,17,21)(H,18,20). The van der Waals surface area contributed by atoms with Crippen LogP contribution in [-0.2, 0) is 4.79 Å². The Hall–Kier alpha value is -2.63. The van der Waals surface area contributed by atoms with Gasteiger partial charge >= 0.3 is 0 Å². The number of nitrogens with one attached hydrogen (secondary N) is 2. The molecule has 0 fully saturated rings. The summed E-state index contributed by atoms with van der Waals surface area (Å²) in [5.74, 6) is -1.04. The van der Waals surface area contributed by atoms with E-state index in [2.05, 4.69) is 10.6 Å². The highest BCUT2D eigenvalue weighted by Crippen LogP contribution is 2.11. The molecule has 0 atom stereocenters. The molecule has 6 nitrogen and oxygen atoms in total. The van der Waals surface area contributed by atoms with E-state index in [4.69, 9.17) is 4.42 Å². The Morgan fingerprint density at radius 1 is 1.18 bits per heavy atom. The van der Waals surface area contributed by atoms with E-state index in [0.29, 0.717) is 11.0 Å². The lowest BCUT2D eigenvalue weighted by Gasteiger charge is -2.20. The van der Waals surface area contributed by atoms with Crippen LogP contribution in [-0.4, -0.2) is 23.9 Å². The summed E-state index contributed by atoms with van der Waals surface area (Å²) in [5, 5.41) is 5.56. The summed E-state index contributed by atoms with van der Waals surface area (Å²) in [6.45, 7) is 5.34. The molecule has 0 unspecified atom stereocenters. The maximum Gasteiger partial charge on any atom is 0.287 e. The predicted molar refractivity (Wildman–Crippen MR) is 82.7 cm³/mol. The Kier molecular flexibility index (Phi) is 4.30.